The van der Waals surface area contributed by atoms with Gasteiger partial charge in [0.1, 0.15) is 17.3 Å². The van der Waals surface area contributed by atoms with Crippen LogP contribution in [0.4, 0.5) is 4.39 Å². The Labute approximate surface area is 170 Å². The number of likely N-dealkylation sites (tertiary alicyclic amines) is 1. The van der Waals surface area contributed by atoms with Crippen molar-refractivity contribution in [3.8, 4) is 5.69 Å². The Morgan fingerprint density at radius 3 is 2.54 bits per heavy atom. The fourth-order valence-corrected chi connectivity index (χ4v) is 4.14. The van der Waals surface area contributed by atoms with Gasteiger partial charge in [0, 0.05) is 25.6 Å². The van der Waals surface area contributed by atoms with Gasteiger partial charge in [-0.1, -0.05) is 26.0 Å². The number of carbonyl (C=O) groups excluding carboxylic acids is 1. The first kappa shape index (κ1) is 20.7. The summed E-state index contributed by atoms with van der Waals surface area (Å²) in [4.78, 5) is 19.3. The van der Waals surface area contributed by atoms with E-state index in [1.165, 1.54) is 17.2 Å². The number of piperidine rings is 1. The van der Waals surface area contributed by atoms with Crippen molar-refractivity contribution in [2.24, 2.45) is 5.41 Å². The number of benzene rings is 1. The zero-order chi connectivity index (χ0) is 19.0. The summed E-state index contributed by atoms with van der Waals surface area (Å²) >= 11 is 0. The first-order valence-electron chi connectivity index (χ1n) is 9.71. The predicted molar refractivity (Wildman–Crippen MR) is 108 cm³/mol. The van der Waals surface area contributed by atoms with Gasteiger partial charge in [0.15, 0.2) is 0 Å². The van der Waals surface area contributed by atoms with E-state index >= 15 is 0 Å². The molecular weight excluding hydrogens is 381 g/mol. The van der Waals surface area contributed by atoms with Crippen LogP contribution in [0.3, 0.4) is 0 Å². The average Bonchev–Trinajstić information content (AvgIpc) is 3.30. The summed E-state index contributed by atoms with van der Waals surface area (Å²) in [5.74, 6) is 0.233. The van der Waals surface area contributed by atoms with Crippen molar-refractivity contribution >= 4 is 18.3 Å². The second kappa shape index (κ2) is 8.17. The maximum absolute atomic E-state index is 14.3. The number of halogens is 2. The van der Waals surface area contributed by atoms with Gasteiger partial charge >= 0.3 is 0 Å². The number of hydrogen-bond acceptors (Lipinski definition) is 4. The van der Waals surface area contributed by atoms with E-state index in [0.29, 0.717) is 16.9 Å². The molecule has 2 saturated heterocycles. The molecule has 2 aliphatic heterocycles. The fourth-order valence-electron chi connectivity index (χ4n) is 4.14. The van der Waals surface area contributed by atoms with Crippen molar-refractivity contribution in [2.75, 3.05) is 26.2 Å². The zero-order valence-electron chi connectivity index (χ0n) is 16.3. The molecule has 1 amide bonds. The lowest BCUT2D eigenvalue weighted by molar-refractivity contribution is 0.0595. The molecule has 0 aliphatic carbocycles. The molecule has 0 unspecified atom stereocenters. The summed E-state index contributed by atoms with van der Waals surface area (Å²) in [7, 11) is 0. The van der Waals surface area contributed by atoms with Crippen molar-refractivity contribution in [3.63, 3.8) is 0 Å². The molecule has 1 aromatic carbocycles. The number of hydrogen-bond donors (Lipinski definition) is 1. The quantitative estimate of drug-likeness (QED) is 0.848. The largest absolute Gasteiger partial charge is 0.336 e. The fraction of sp³-hybridized carbons (Fsp3) is 0.550. The highest BCUT2D eigenvalue weighted by Crippen LogP contribution is 2.37. The number of rotatable bonds is 3. The number of nitrogens with one attached hydrogen (secondary N) is 1. The smallest absolute Gasteiger partial charge is 0.293 e. The first-order chi connectivity index (χ1) is 13.0. The summed E-state index contributed by atoms with van der Waals surface area (Å²) in [5.41, 5.74) is 0.669. The van der Waals surface area contributed by atoms with Crippen LogP contribution in [-0.4, -0.2) is 51.8 Å². The minimum atomic E-state index is -0.378. The Hall–Kier alpha value is -1.99. The molecule has 0 atom stereocenters. The summed E-state index contributed by atoms with van der Waals surface area (Å²) in [5, 5.41) is 7.83. The van der Waals surface area contributed by atoms with Crippen LogP contribution in [0.5, 0.6) is 0 Å². The summed E-state index contributed by atoms with van der Waals surface area (Å²) in [6.07, 6.45) is 3.21. The molecule has 2 aliphatic rings. The highest BCUT2D eigenvalue weighted by molar-refractivity contribution is 5.90. The number of nitrogens with zero attached hydrogens (tertiary/aromatic N) is 4. The monoisotopic (exact) mass is 407 g/mol. The van der Waals surface area contributed by atoms with E-state index in [1.54, 1.807) is 18.2 Å². The third-order valence-corrected chi connectivity index (χ3v) is 5.86. The van der Waals surface area contributed by atoms with Crippen LogP contribution in [0.15, 0.2) is 24.3 Å². The molecule has 1 N–H and O–H groups in total. The molecule has 4 rings (SSSR count). The second-order valence-electron chi connectivity index (χ2n) is 8.03. The Balaban J connectivity index is 0.00000225. The minimum Gasteiger partial charge on any atom is -0.336 e. The molecule has 28 heavy (non-hydrogen) atoms. The molecule has 0 radical (unpaired) electrons. The van der Waals surface area contributed by atoms with Crippen LogP contribution in [0, 0.1) is 11.2 Å². The van der Waals surface area contributed by atoms with Crippen molar-refractivity contribution < 1.29 is 9.18 Å². The van der Waals surface area contributed by atoms with E-state index in [2.05, 4.69) is 15.4 Å². The number of para-hydroxylation sites is 1. The van der Waals surface area contributed by atoms with E-state index < -0.39 is 0 Å². The van der Waals surface area contributed by atoms with Gasteiger partial charge in [-0.05, 0) is 43.4 Å². The Morgan fingerprint density at radius 2 is 1.93 bits per heavy atom. The molecule has 2 aromatic rings. The van der Waals surface area contributed by atoms with Crippen LogP contribution in [-0.2, 0) is 0 Å². The molecule has 0 saturated carbocycles. The van der Waals surface area contributed by atoms with Crippen molar-refractivity contribution in [1.82, 2.24) is 25.0 Å². The van der Waals surface area contributed by atoms with Gasteiger partial charge in [-0.3, -0.25) is 4.79 Å². The van der Waals surface area contributed by atoms with Gasteiger partial charge in [0.05, 0.1) is 0 Å². The van der Waals surface area contributed by atoms with E-state index in [9.17, 15) is 9.18 Å². The first-order valence-corrected chi connectivity index (χ1v) is 9.71. The topological polar surface area (TPSA) is 63.1 Å². The number of aromatic nitrogens is 3. The predicted octanol–water partition coefficient (Wildman–Crippen LogP) is 3.17. The number of carbonyl (C=O) groups is 1. The Morgan fingerprint density at radius 1 is 1.21 bits per heavy atom. The van der Waals surface area contributed by atoms with Gasteiger partial charge < -0.3 is 10.2 Å². The van der Waals surface area contributed by atoms with E-state index in [1.807, 2.05) is 18.7 Å². The van der Waals surface area contributed by atoms with Gasteiger partial charge in [-0.15, -0.1) is 17.5 Å². The zero-order valence-corrected chi connectivity index (χ0v) is 17.1. The Kier molecular flexibility index (Phi) is 6.05. The van der Waals surface area contributed by atoms with Crippen LogP contribution in [0.25, 0.3) is 5.69 Å². The van der Waals surface area contributed by atoms with E-state index in [-0.39, 0.29) is 35.9 Å². The van der Waals surface area contributed by atoms with Crippen molar-refractivity contribution in [2.45, 2.75) is 39.0 Å². The van der Waals surface area contributed by atoms with Crippen LogP contribution < -0.4 is 5.32 Å². The highest BCUT2D eigenvalue weighted by Gasteiger charge is 2.39. The lowest BCUT2D eigenvalue weighted by atomic mass is 9.78. The molecule has 152 valence electrons. The number of amides is 1. The van der Waals surface area contributed by atoms with Crippen LogP contribution in [0.2, 0.25) is 0 Å². The minimum absolute atomic E-state index is 0. The van der Waals surface area contributed by atoms with Gasteiger partial charge in [0.2, 0.25) is 5.82 Å². The normalized spacial score (nSPS) is 18.5. The van der Waals surface area contributed by atoms with Crippen molar-refractivity contribution in [1.29, 1.82) is 0 Å². The van der Waals surface area contributed by atoms with Crippen LogP contribution >= 0.6 is 12.4 Å². The highest BCUT2D eigenvalue weighted by atomic mass is 35.5. The maximum atomic E-state index is 14.3. The standard InChI is InChI=1S/C20H26FN5O.ClH/c1-14(2)18-23-17(24-26(18)16-6-4-3-5-15(16)21)19(27)25-11-8-20(9-12-25)7-10-22-13-20;/h3-6,14,22H,7-13H2,1-2H3;1H. The molecule has 3 heterocycles. The SMILES string of the molecule is CC(C)c1nc(C(=O)N2CCC3(CCNC3)CC2)nn1-c1ccccc1F.Cl. The molecule has 6 nitrogen and oxygen atoms in total. The van der Waals surface area contributed by atoms with E-state index in [4.69, 9.17) is 0 Å². The molecule has 8 heteroatoms. The summed E-state index contributed by atoms with van der Waals surface area (Å²) in [6, 6.07) is 6.44. The summed E-state index contributed by atoms with van der Waals surface area (Å²) < 4.78 is 15.7. The third-order valence-electron chi connectivity index (χ3n) is 5.86. The molecule has 0 bridgehead atoms. The Bertz CT molecular complexity index is 837. The van der Waals surface area contributed by atoms with Gasteiger partial charge in [-0.2, -0.15) is 0 Å². The van der Waals surface area contributed by atoms with Gasteiger partial charge in [-0.25, -0.2) is 14.1 Å². The molecular formula is C20H27ClFN5O. The molecule has 1 spiro atoms. The maximum Gasteiger partial charge on any atom is 0.293 e. The van der Waals surface area contributed by atoms with Crippen LogP contribution in [0.1, 0.15) is 55.5 Å². The third kappa shape index (κ3) is 3.78. The van der Waals surface area contributed by atoms with E-state index in [0.717, 1.165) is 39.0 Å². The summed E-state index contributed by atoms with van der Waals surface area (Å²) in [6.45, 7) is 7.51. The van der Waals surface area contributed by atoms with Gasteiger partial charge in [0.25, 0.3) is 5.91 Å². The van der Waals surface area contributed by atoms with Crippen molar-refractivity contribution in [3.05, 3.63) is 41.7 Å². The molecule has 2 fully saturated rings. The lowest BCUT2D eigenvalue weighted by Crippen LogP contribution is -2.44. The average molecular weight is 408 g/mol. The lowest BCUT2D eigenvalue weighted by Gasteiger charge is -2.38. The second-order valence-corrected chi connectivity index (χ2v) is 8.03. The molecule has 1 aromatic heterocycles.